The summed E-state index contributed by atoms with van der Waals surface area (Å²) in [6.07, 6.45) is 0. The number of fused-ring (bicyclic) bond motifs is 8. The second kappa shape index (κ2) is 11.9. The minimum Gasteiger partial charge on any atom is -0.436 e. The van der Waals surface area contributed by atoms with Gasteiger partial charge in [-0.05, 0) is 108 Å². The summed E-state index contributed by atoms with van der Waals surface area (Å²) < 4.78 is 17.2. The van der Waals surface area contributed by atoms with Crippen LogP contribution < -0.4 is 0 Å². The van der Waals surface area contributed by atoms with E-state index < -0.39 is 0 Å². The standard InChI is InChI=1S/C50H30N4O2/c1-2-11-34(12-3-1)54-42-17-7-4-13-37(42)48-36(14-10-18-45(48)54)31-21-25-35(26-22-31)53-43-27-23-32(49-51-40-15-5-8-19-46(40)55-49)29-38(43)39-30-33(24-28-44(39)53)50-52-41-16-6-9-20-47(41)56-50/h1-30H. The lowest BCUT2D eigenvalue weighted by molar-refractivity contribution is 0.619. The number of hydrogen-bond acceptors (Lipinski definition) is 4. The van der Waals surface area contributed by atoms with Gasteiger partial charge in [0.25, 0.3) is 0 Å². The Morgan fingerprint density at radius 2 is 0.857 bits per heavy atom. The van der Waals surface area contributed by atoms with Crippen molar-refractivity contribution < 1.29 is 8.83 Å². The van der Waals surface area contributed by atoms with Crippen molar-refractivity contribution in [3.05, 3.63) is 182 Å². The number of nitrogens with zero attached hydrogens (tertiary/aromatic N) is 4. The fraction of sp³-hybridized carbons (Fsp3) is 0. The molecule has 4 aromatic heterocycles. The van der Waals surface area contributed by atoms with Gasteiger partial charge in [-0.15, -0.1) is 0 Å². The van der Waals surface area contributed by atoms with Crippen LogP contribution in [0.15, 0.2) is 191 Å². The first kappa shape index (κ1) is 30.7. The lowest BCUT2D eigenvalue weighted by atomic mass is 9.99. The van der Waals surface area contributed by atoms with E-state index in [0.29, 0.717) is 11.8 Å². The number of aromatic nitrogens is 4. The van der Waals surface area contributed by atoms with Crippen molar-refractivity contribution >= 4 is 65.8 Å². The molecule has 0 unspecified atom stereocenters. The van der Waals surface area contributed by atoms with E-state index in [9.17, 15) is 0 Å². The van der Waals surface area contributed by atoms with Gasteiger partial charge in [0.2, 0.25) is 11.8 Å². The summed E-state index contributed by atoms with van der Waals surface area (Å²) >= 11 is 0. The molecule has 0 fully saturated rings. The molecular formula is C50H30N4O2. The fourth-order valence-electron chi connectivity index (χ4n) is 8.46. The number of oxazole rings is 2. The molecule has 12 rings (SSSR count). The first-order chi connectivity index (χ1) is 27.7. The van der Waals surface area contributed by atoms with E-state index >= 15 is 0 Å². The summed E-state index contributed by atoms with van der Waals surface area (Å²) in [6, 6.07) is 63.5. The summed E-state index contributed by atoms with van der Waals surface area (Å²) in [7, 11) is 0. The van der Waals surface area contributed by atoms with Crippen molar-refractivity contribution in [3.63, 3.8) is 0 Å². The van der Waals surface area contributed by atoms with Gasteiger partial charge in [0.15, 0.2) is 11.2 Å². The second-order valence-electron chi connectivity index (χ2n) is 14.2. The van der Waals surface area contributed by atoms with E-state index in [0.717, 1.165) is 72.1 Å². The minimum absolute atomic E-state index is 0.594. The van der Waals surface area contributed by atoms with E-state index in [1.54, 1.807) is 0 Å². The smallest absolute Gasteiger partial charge is 0.227 e. The highest BCUT2D eigenvalue weighted by Crippen LogP contribution is 2.41. The molecule has 6 nitrogen and oxygen atoms in total. The van der Waals surface area contributed by atoms with E-state index in [4.69, 9.17) is 18.8 Å². The van der Waals surface area contributed by atoms with Gasteiger partial charge in [-0.25, -0.2) is 9.97 Å². The summed E-state index contributed by atoms with van der Waals surface area (Å²) in [5, 5.41) is 4.65. The van der Waals surface area contributed by atoms with Crippen LogP contribution in [-0.4, -0.2) is 19.1 Å². The van der Waals surface area contributed by atoms with Gasteiger partial charge in [0.05, 0.1) is 22.1 Å². The molecule has 56 heavy (non-hydrogen) atoms. The molecule has 0 atom stereocenters. The molecule has 0 bridgehead atoms. The Hall–Kier alpha value is -7.70. The van der Waals surface area contributed by atoms with Crippen LogP contribution in [0, 0.1) is 0 Å². The molecule has 0 spiro atoms. The SMILES string of the molecule is c1ccc(-n2c3ccccc3c3c(-c4ccc(-n5c6ccc(-c7nc8ccccc8o7)cc6c6cc(-c7nc8ccccc8o7)ccc65)cc4)cccc32)cc1. The predicted octanol–water partition coefficient (Wildman–Crippen LogP) is 13.2. The van der Waals surface area contributed by atoms with Crippen molar-refractivity contribution in [2.24, 2.45) is 0 Å². The van der Waals surface area contributed by atoms with Gasteiger partial charge in [0, 0.05) is 44.0 Å². The molecule has 0 radical (unpaired) electrons. The van der Waals surface area contributed by atoms with Crippen molar-refractivity contribution in [2.75, 3.05) is 0 Å². The van der Waals surface area contributed by atoms with Crippen LogP contribution in [0.5, 0.6) is 0 Å². The molecule has 0 saturated heterocycles. The summed E-state index contributed by atoms with van der Waals surface area (Å²) in [4.78, 5) is 9.64. The number of rotatable bonds is 5. The van der Waals surface area contributed by atoms with Gasteiger partial charge in [0.1, 0.15) is 11.0 Å². The highest BCUT2D eigenvalue weighted by Gasteiger charge is 2.19. The third-order valence-corrected chi connectivity index (χ3v) is 11.0. The molecule has 8 aromatic carbocycles. The summed E-state index contributed by atoms with van der Waals surface area (Å²) in [5.41, 5.74) is 14.2. The fourth-order valence-corrected chi connectivity index (χ4v) is 8.46. The Kier molecular flexibility index (Phi) is 6.53. The number of hydrogen-bond donors (Lipinski definition) is 0. The Morgan fingerprint density at radius 3 is 1.50 bits per heavy atom. The van der Waals surface area contributed by atoms with E-state index in [1.807, 2.05) is 48.5 Å². The maximum Gasteiger partial charge on any atom is 0.227 e. The van der Waals surface area contributed by atoms with Gasteiger partial charge in [-0.2, -0.15) is 0 Å². The third kappa shape index (κ3) is 4.63. The largest absolute Gasteiger partial charge is 0.436 e. The minimum atomic E-state index is 0.594. The Balaban J connectivity index is 1.03. The second-order valence-corrected chi connectivity index (χ2v) is 14.2. The van der Waals surface area contributed by atoms with Crippen LogP contribution >= 0.6 is 0 Å². The molecule has 4 heterocycles. The summed E-state index contributed by atoms with van der Waals surface area (Å²) in [5.74, 6) is 1.19. The van der Waals surface area contributed by atoms with Gasteiger partial charge < -0.3 is 18.0 Å². The first-order valence-corrected chi connectivity index (χ1v) is 18.7. The number of para-hydroxylation sites is 6. The Bertz CT molecular complexity index is 3280. The van der Waals surface area contributed by atoms with Crippen LogP contribution in [0.25, 0.3) is 111 Å². The zero-order chi connectivity index (χ0) is 36.7. The lowest BCUT2D eigenvalue weighted by Crippen LogP contribution is -1.94. The van der Waals surface area contributed by atoms with Crippen LogP contribution in [-0.2, 0) is 0 Å². The average molecular weight is 719 g/mol. The van der Waals surface area contributed by atoms with E-state index in [2.05, 4.69) is 143 Å². The summed E-state index contributed by atoms with van der Waals surface area (Å²) in [6.45, 7) is 0. The maximum absolute atomic E-state index is 6.23. The quantitative estimate of drug-likeness (QED) is 0.178. The van der Waals surface area contributed by atoms with Crippen LogP contribution in [0.1, 0.15) is 0 Å². The average Bonchev–Trinajstić information content (AvgIpc) is 4.04. The highest BCUT2D eigenvalue weighted by molar-refractivity contribution is 6.16. The molecule has 0 N–H and O–H groups in total. The van der Waals surface area contributed by atoms with Crippen molar-refractivity contribution in [2.45, 2.75) is 0 Å². The van der Waals surface area contributed by atoms with Gasteiger partial charge >= 0.3 is 0 Å². The molecule has 0 aliphatic heterocycles. The van der Waals surface area contributed by atoms with Crippen molar-refractivity contribution in [1.82, 2.24) is 19.1 Å². The van der Waals surface area contributed by atoms with Crippen LogP contribution in [0.3, 0.4) is 0 Å². The Labute approximate surface area is 320 Å². The molecule has 262 valence electrons. The first-order valence-electron chi connectivity index (χ1n) is 18.7. The molecule has 0 aliphatic carbocycles. The van der Waals surface area contributed by atoms with Crippen molar-refractivity contribution in [1.29, 1.82) is 0 Å². The molecular weight excluding hydrogens is 689 g/mol. The molecule has 12 aromatic rings. The zero-order valence-corrected chi connectivity index (χ0v) is 29.9. The molecule has 0 aliphatic rings. The molecule has 6 heteroatoms. The molecule has 0 saturated carbocycles. The zero-order valence-electron chi connectivity index (χ0n) is 29.9. The number of benzene rings is 8. The van der Waals surface area contributed by atoms with E-state index in [1.165, 1.54) is 27.4 Å². The van der Waals surface area contributed by atoms with Crippen LogP contribution in [0.2, 0.25) is 0 Å². The monoisotopic (exact) mass is 718 g/mol. The van der Waals surface area contributed by atoms with Crippen LogP contribution in [0.4, 0.5) is 0 Å². The van der Waals surface area contributed by atoms with Gasteiger partial charge in [-0.3, -0.25) is 0 Å². The normalized spacial score (nSPS) is 11.9. The Morgan fingerprint density at radius 1 is 0.357 bits per heavy atom. The lowest BCUT2D eigenvalue weighted by Gasteiger charge is -2.11. The third-order valence-electron chi connectivity index (χ3n) is 11.0. The molecule has 0 amide bonds. The maximum atomic E-state index is 6.23. The van der Waals surface area contributed by atoms with Crippen molar-refractivity contribution in [3.8, 4) is 45.4 Å². The predicted molar refractivity (Wildman–Crippen MR) is 227 cm³/mol. The van der Waals surface area contributed by atoms with Gasteiger partial charge in [-0.1, -0.05) is 84.9 Å². The topological polar surface area (TPSA) is 61.9 Å². The van der Waals surface area contributed by atoms with E-state index in [-0.39, 0.29) is 0 Å². The highest BCUT2D eigenvalue weighted by atomic mass is 16.4.